The maximum absolute atomic E-state index is 11.9. The molecule has 1 fully saturated rings. The van der Waals surface area contributed by atoms with Crippen molar-refractivity contribution in [3.8, 4) is 5.75 Å². The molecule has 2 N–H and O–H groups in total. The summed E-state index contributed by atoms with van der Waals surface area (Å²) in [6.45, 7) is 3.03. The first kappa shape index (κ1) is 15.4. The number of anilines is 1. The van der Waals surface area contributed by atoms with Crippen LogP contribution >= 0.6 is 0 Å². The van der Waals surface area contributed by atoms with Gasteiger partial charge in [-0.15, -0.1) is 0 Å². The van der Waals surface area contributed by atoms with Crippen LogP contribution in [0.4, 0.5) is 5.69 Å². The third-order valence-corrected chi connectivity index (χ3v) is 3.54. The minimum Gasteiger partial charge on any atom is -0.490 e. The molecule has 1 aliphatic carbocycles. The molecule has 0 aliphatic heterocycles. The number of ether oxygens (including phenoxy) is 1. The third-order valence-electron chi connectivity index (χ3n) is 3.54. The van der Waals surface area contributed by atoms with Gasteiger partial charge in [0.1, 0.15) is 11.8 Å². The van der Waals surface area contributed by atoms with Gasteiger partial charge >= 0.3 is 0 Å². The number of amides is 2. The minimum atomic E-state index is -0.558. The largest absolute Gasteiger partial charge is 0.490 e. The van der Waals surface area contributed by atoms with Crippen molar-refractivity contribution in [3.05, 3.63) is 24.3 Å². The van der Waals surface area contributed by atoms with Gasteiger partial charge in [0.2, 0.25) is 11.8 Å². The van der Waals surface area contributed by atoms with Crippen LogP contribution < -0.4 is 15.4 Å². The van der Waals surface area contributed by atoms with E-state index in [-0.39, 0.29) is 11.8 Å². The normalized spacial score (nSPS) is 16.3. The molecule has 5 heteroatoms. The highest BCUT2D eigenvalue weighted by molar-refractivity contribution is 5.96. The zero-order chi connectivity index (χ0) is 15.2. The molecule has 0 bridgehead atoms. The van der Waals surface area contributed by atoms with E-state index in [4.69, 9.17) is 4.74 Å². The Kier molecular flexibility index (Phi) is 5.20. The summed E-state index contributed by atoms with van der Waals surface area (Å²) in [6, 6.07) is 6.77. The Labute approximate surface area is 125 Å². The summed E-state index contributed by atoms with van der Waals surface area (Å²) in [5.41, 5.74) is 0.691. The quantitative estimate of drug-likeness (QED) is 0.875. The monoisotopic (exact) mass is 290 g/mol. The number of hydrogen-bond donors (Lipinski definition) is 2. The molecule has 0 unspecified atom stereocenters. The Morgan fingerprint density at radius 1 is 1.19 bits per heavy atom. The van der Waals surface area contributed by atoms with Crippen LogP contribution in [0.2, 0.25) is 0 Å². The molecule has 1 saturated carbocycles. The molecule has 1 aromatic carbocycles. The zero-order valence-electron chi connectivity index (χ0n) is 12.5. The zero-order valence-corrected chi connectivity index (χ0v) is 12.5. The van der Waals surface area contributed by atoms with Crippen LogP contribution in [-0.2, 0) is 9.59 Å². The van der Waals surface area contributed by atoms with Gasteiger partial charge in [-0.2, -0.15) is 0 Å². The Hall–Kier alpha value is -2.04. The Morgan fingerprint density at radius 2 is 1.81 bits per heavy atom. The molecule has 1 aliphatic rings. The second-order valence-corrected chi connectivity index (χ2v) is 5.46. The SMILES string of the molecule is CC(=O)N[C@@H](C)C(=O)Nc1ccc(OC2CCCC2)cc1. The molecule has 0 radical (unpaired) electrons. The van der Waals surface area contributed by atoms with Crippen LogP contribution in [0.25, 0.3) is 0 Å². The molecule has 1 atom stereocenters. The van der Waals surface area contributed by atoms with Crippen LogP contribution in [0.1, 0.15) is 39.5 Å². The van der Waals surface area contributed by atoms with Crippen molar-refractivity contribution < 1.29 is 14.3 Å². The highest BCUT2D eigenvalue weighted by atomic mass is 16.5. The fourth-order valence-electron chi connectivity index (χ4n) is 2.44. The second-order valence-electron chi connectivity index (χ2n) is 5.46. The fraction of sp³-hybridized carbons (Fsp3) is 0.500. The number of nitrogens with one attached hydrogen (secondary N) is 2. The van der Waals surface area contributed by atoms with E-state index in [0.29, 0.717) is 11.8 Å². The van der Waals surface area contributed by atoms with E-state index in [1.165, 1.54) is 19.8 Å². The van der Waals surface area contributed by atoms with Gasteiger partial charge in [0, 0.05) is 12.6 Å². The fourth-order valence-corrected chi connectivity index (χ4v) is 2.44. The number of rotatable bonds is 5. The van der Waals surface area contributed by atoms with Crippen LogP contribution in [-0.4, -0.2) is 24.0 Å². The third kappa shape index (κ3) is 4.77. The molecular formula is C16H22N2O3. The first-order valence-corrected chi connectivity index (χ1v) is 7.39. The highest BCUT2D eigenvalue weighted by Gasteiger charge is 2.17. The van der Waals surface area contributed by atoms with Crippen LogP contribution in [0.3, 0.4) is 0 Å². The van der Waals surface area contributed by atoms with E-state index < -0.39 is 6.04 Å². The maximum Gasteiger partial charge on any atom is 0.246 e. The van der Waals surface area contributed by atoms with Crippen LogP contribution in [0.15, 0.2) is 24.3 Å². The van der Waals surface area contributed by atoms with Crippen LogP contribution in [0, 0.1) is 0 Å². The molecule has 0 spiro atoms. The van der Waals surface area contributed by atoms with E-state index in [0.717, 1.165) is 18.6 Å². The highest BCUT2D eigenvalue weighted by Crippen LogP contribution is 2.24. The standard InChI is InChI=1S/C16H22N2O3/c1-11(17-12(2)19)16(20)18-13-7-9-15(10-8-13)21-14-5-3-4-6-14/h7-11,14H,3-6H2,1-2H3,(H,17,19)(H,18,20)/t11-/m0/s1. The van der Waals surface area contributed by atoms with Gasteiger partial charge in [-0.1, -0.05) is 0 Å². The van der Waals surface area contributed by atoms with Crippen molar-refractivity contribution in [1.29, 1.82) is 0 Å². The summed E-state index contributed by atoms with van der Waals surface area (Å²) < 4.78 is 5.87. The topological polar surface area (TPSA) is 67.4 Å². The first-order chi connectivity index (χ1) is 10.0. The lowest BCUT2D eigenvalue weighted by Crippen LogP contribution is -2.40. The summed E-state index contributed by atoms with van der Waals surface area (Å²) in [5.74, 6) is 0.363. The predicted molar refractivity (Wildman–Crippen MR) is 81.2 cm³/mol. The van der Waals surface area contributed by atoms with Crippen molar-refractivity contribution in [3.63, 3.8) is 0 Å². The molecule has 21 heavy (non-hydrogen) atoms. The lowest BCUT2D eigenvalue weighted by atomic mass is 10.2. The molecule has 114 valence electrons. The predicted octanol–water partition coefficient (Wildman–Crippen LogP) is 2.47. The molecule has 0 aromatic heterocycles. The van der Waals surface area contributed by atoms with Gasteiger partial charge in [0.25, 0.3) is 0 Å². The summed E-state index contributed by atoms with van der Waals surface area (Å²) in [5, 5.41) is 5.31. The lowest BCUT2D eigenvalue weighted by Gasteiger charge is -2.15. The minimum absolute atomic E-state index is 0.224. The molecule has 0 heterocycles. The number of carbonyl (C=O) groups is 2. The molecule has 2 rings (SSSR count). The van der Waals surface area contributed by atoms with E-state index in [1.807, 2.05) is 24.3 Å². The first-order valence-electron chi connectivity index (χ1n) is 7.39. The Balaban J connectivity index is 1.86. The van der Waals surface area contributed by atoms with Crippen molar-refractivity contribution in [2.24, 2.45) is 0 Å². The van der Waals surface area contributed by atoms with E-state index in [9.17, 15) is 9.59 Å². The smallest absolute Gasteiger partial charge is 0.246 e. The average Bonchev–Trinajstić information content (AvgIpc) is 2.93. The van der Waals surface area contributed by atoms with E-state index >= 15 is 0 Å². The number of carbonyl (C=O) groups excluding carboxylic acids is 2. The summed E-state index contributed by atoms with van der Waals surface area (Å²) >= 11 is 0. The second kappa shape index (κ2) is 7.11. The molecule has 0 saturated heterocycles. The van der Waals surface area contributed by atoms with Crippen molar-refractivity contribution >= 4 is 17.5 Å². The van der Waals surface area contributed by atoms with Gasteiger partial charge in [-0.3, -0.25) is 9.59 Å². The lowest BCUT2D eigenvalue weighted by molar-refractivity contribution is -0.124. The average molecular weight is 290 g/mol. The molecular weight excluding hydrogens is 268 g/mol. The van der Waals surface area contributed by atoms with Gasteiger partial charge in [-0.25, -0.2) is 0 Å². The Morgan fingerprint density at radius 3 is 2.38 bits per heavy atom. The molecule has 2 amide bonds. The molecule has 5 nitrogen and oxygen atoms in total. The van der Waals surface area contributed by atoms with E-state index in [2.05, 4.69) is 10.6 Å². The van der Waals surface area contributed by atoms with Crippen molar-refractivity contribution in [2.45, 2.75) is 51.7 Å². The van der Waals surface area contributed by atoms with Gasteiger partial charge in [0.05, 0.1) is 6.10 Å². The summed E-state index contributed by atoms with van der Waals surface area (Å²) in [4.78, 5) is 22.8. The maximum atomic E-state index is 11.9. The van der Waals surface area contributed by atoms with Gasteiger partial charge in [0.15, 0.2) is 0 Å². The van der Waals surface area contributed by atoms with E-state index in [1.54, 1.807) is 6.92 Å². The molecule has 1 aromatic rings. The van der Waals surface area contributed by atoms with Gasteiger partial charge < -0.3 is 15.4 Å². The summed E-state index contributed by atoms with van der Waals surface area (Å²) in [6.07, 6.45) is 5.03. The number of benzene rings is 1. The van der Waals surface area contributed by atoms with Crippen LogP contribution in [0.5, 0.6) is 5.75 Å². The summed E-state index contributed by atoms with van der Waals surface area (Å²) in [7, 11) is 0. The number of hydrogen-bond acceptors (Lipinski definition) is 3. The van der Waals surface area contributed by atoms with Crippen molar-refractivity contribution in [2.75, 3.05) is 5.32 Å². The van der Waals surface area contributed by atoms with Gasteiger partial charge in [-0.05, 0) is 56.9 Å². The Bertz CT molecular complexity index is 493. The van der Waals surface area contributed by atoms with Crippen molar-refractivity contribution in [1.82, 2.24) is 5.32 Å².